The minimum atomic E-state index is 0.761. The van der Waals surface area contributed by atoms with Crippen LogP contribution in [0.25, 0.3) is 0 Å². The molecule has 2 aliphatic heterocycles. The summed E-state index contributed by atoms with van der Waals surface area (Å²) in [4.78, 5) is 14.1. The molecule has 0 bridgehead atoms. The van der Waals surface area contributed by atoms with Crippen LogP contribution in [0.5, 0.6) is 0 Å². The van der Waals surface area contributed by atoms with Crippen molar-refractivity contribution in [2.24, 2.45) is 11.8 Å². The van der Waals surface area contributed by atoms with Crippen molar-refractivity contribution in [2.75, 3.05) is 31.1 Å². The van der Waals surface area contributed by atoms with Gasteiger partial charge in [-0.25, -0.2) is 9.97 Å². The van der Waals surface area contributed by atoms with Gasteiger partial charge in [0, 0.05) is 37.9 Å². The lowest BCUT2D eigenvalue weighted by Crippen LogP contribution is -2.39. The second-order valence-electron chi connectivity index (χ2n) is 7.36. The summed E-state index contributed by atoms with van der Waals surface area (Å²) in [7, 11) is 0. The summed E-state index contributed by atoms with van der Waals surface area (Å²) in [5, 5.41) is 0. The summed E-state index contributed by atoms with van der Waals surface area (Å²) in [6.07, 6.45) is 3.26. The maximum atomic E-state index is 4.70. The highest BCUT2D eigenvalue weighted by atomic mass is 15.2. The lowest BCUT2D eigenvalue weighted by Gasteiger charge is -2.34. The number of nitrogens with zero attached hydrogens (tertiary/aromatic N) is 4. The van der Waals surface area contributed by atoms with Crippen LogP contribution in [0.15, 0.2) is 36.5 Å². The number of rotatable bonds is 3. The van der Waals surface area contributed by atoms with Gasteiger partial charge in [-0.1, -0.05) is 30.3 Å². The van der Waals surface area contributed by atoms with Crippen molar-refractivity contribution in [1.82, 2.24) is 14.9 Å². The molecule has 0 radical (unpaired) electrons. The van der Waals surface area contributed by atoms with Crippen molar-refractivity contribution in [3.8, 4) is 0 Å². The van der Waals surface area contributed by atoms with Gasteiger partial charge in [0.05, 0.1) is 0 Å². The van der Waals surface area contributed by atoms with Crippen LogP contribution in [0.2, 0.25) is 0 Å². The van der Waals surface area contributed by atoms with Crippen molar-refractivity contribution in [3.05, 3.63) is 53.5 Å². The predicted molar refractivity (Wildman–Crippen MR) is 97.0 cm³/mol. The van der Waals surface area contributed by atoms with Crippen LogP contribution in [-0.4, -0.2) is 41.0 Å². The molecule has 0 unspecified atom stereocenters. The van der Waals surface area contributed by atoms with E-state index < -0.39 is 0 Å². The van der Waals surface area contributed by atoms with Crippen LogP contribution in [0.4, 0.5) is 5.82 Å². The molecule has 0 amide bonds. The third-order valence-corrected chi connectivity index (χ3v) is 5.50. The summed E-state index contributed by atoms with van der Waals surface area (Å²) < 4.78 is 0. The molecule has 4 rings (SSSR count). The number of fused-ring (bicyclic) bond motifs is 1. The Balaban J connectivity index is 1.43. The van der Waals surface area contributed by atoms with E-state index in [-0.39, 0.29) is 0 Å². The van der Waals surface area contributed by atoms with Gasteiger partial charge in [-0.3, -0.25) is 4.90 Å². The molecule has 4 heteroatoms. The molecule has 4 nitrogen and oxygen atoms in total. The molecule has 0 saturated carbocycles. The summed E-state index contributed by atoms with van der Waals surface area (Å²) in [6, 6.07) is 10.8. The number of aromatic nitrogens is 2. The molecule has 2 atom stereocenters. The van der Waals surface area contributed by atoms with Gasteiger partial charge in [-0.2, -0.15) is 0 Å². The van der Waals surface area contributed by atoms with Gasteiger partial charge in [-0.05, 0) is 44.2 Å². The monoisotopic (exact) mass is 322 g/mol. The van der Waals surface area contributed by atoms with Crippen molar-refractivity contribution >= 4 is 5.82 Å². The van der Waals surface area contributed by atoms with Gasteiger partial charge in [0.25, 0.3) is 0 Å². The highest BCUT2D eigenvalue weighted by Gasteiger charge is 2.37. The maximum absolute atomic E-state index is 4.70. The van der Waals surface area contributed by atoms with Crippen molar-refractivity contribution in [1.29, 1.82) is 0 Å². The Labute approximate surface area is 144 Å². The van der Waals surface area contributed by atoms with Gasteiger partial charge >= 0.3 is 0 Å². The minimum absolute atomic E-state index is 0.761. The third-order valence-electron chi connectivity index (χ3n) is 5.50. The molecule has 3 heterocycles. The Bertz CT molecular complexity index is 700. The number of aryl methyl sites for hydroxylation is 2. The van der Waals surface area contributed by atoms with Crippen molar-refractivity contribution < 1.29 is 0 Å². The van der Waals surface area contributed by atoms with Crippen LogP contribution >= 0.6 is 0 Å². The number of hydrogen-bond donors (Lipinski definition) is 0. The Morgan fingerprint density at radius 3 is 2.67 bits per heavy atom. The topological polar surface area (TPSA) is 32.3 Å². The molecule has 2 aromatic rings. The Morgan fingerprint density at radius 2 is 1.83 bits per heavy atom. The van der Waals surface area contributed by atoms with Gasteiger partial charge in [-0.15, -0.1) is 0 Å². The minimum Gasteiger partial charge on any atom is -0.356 e. The van der Waals surface area contributed by atoms with Crippen molar-refractivity contribution in [2.45, 2.75) is 26.8 Å². The Hall–Kier alpha value is -1.94. The second-order valence-corrected chi connectivity index (χ2v) is 7.36. The van der Waals surface area contributed by atoms with Crippen LogP contribution in [0, 0.1) is 25.7 Å². The summed E-state index contributed by atoms with van der Waals surface area (Å²) >= 11 is 0. The standard InChI is InChI=1S/C20H26N4/c1-15-10-21-16(2)22-20(15)24-13-18-8-9-23(12-19(18)14-24)11-17-6-4-3-5-7-17/h3-7,10,18-19H,8-9,11-14H2,1-2H3/t18-,19+/m0/s1. The fraction of sp³-hybridized carbons (Fsp3) is 0.500. The highest BCUT2D eigenvalue weighted by molar-refractivity contribution is 5.46. The van der Waals surface area contributed by atoms with E-state index >= 15 is 0 Å². The van der Waals surface area contributed by atoms with Crippen LogP contribution in [0.1, 0.15) is 23.4 Å². The average Bonchev–Trinajstić information content (AvgIpc) is 3.01. The van der Waals surface area contributed by atoms with E-state index in [0.717, 1.165) is 43.1 Å². The lowest BCUT2D eigenvalue weighted by molar-refractivity contribution is 0.142. The predicted octanol–water partition coefficient (Wildman–Crippen LogP) is 3.05. The van der Waals surface area contributed by atoms with Gasteiger partial charge in [0.1, 0.15) is 11.6 Å². The van der Waals surface area contributed by atoms with E-state index in [1.807, 2.05) is 13.1 Å². The number of hydrogen-bond acceptors (Lipinski definition) is 4. The van der Waals surface area contributed by atoms with Gasteiger partial charge in [0.2, 0.25) is 0 Å². The first kappa shape index (κ1) is 15.6. The van der Waals surface area contributed by atoms with Gasteiger partial charge in [0.15, 0.2) is 0 Å². The molecule has 0 N–H and O–H groups in total. The average molecular weight is 322 g/mol. The molecule has 1 aromatic heterocycles. The smallest absolute Gasteiger partial charge is 0.135 e. The van der Waals surface area contributed by atoms with E-state index in [2.05, 4.69) is 52.0 Å². The molecular weight excluding hydrogens is 296 g/mol. The maximum Gasteiger partial charge on any atom is 0.135 e. The molecule has 126 valence electrons. The highest BCUT2D eigenvalue weighted by Crippen LogP contribution is 2.34. The van der Waals surface area contributed by atoms with E-state index in [1.165, 1.54) is 30.6 Å². The fourth-order valence-corrected chi connectivity index (χ4v) is 4.24. The number of anilines is 1. The third kappa shape index (κ3) is 3.16. The molecule has 2 saturated heterocycles. The first-order valence-corrected chi connectivity index (χ1v) is 9.00. The molecule has 24 heavy (non-hydrogen) atoms. The SMILES string of the molecule is Cc1ncc(C)c(N2C[C@H]3CN(Cc4ccccc4)CC[C@H]3C2)n1. The van der Waals surface area contributed by atoms with Crippen LogP contribution in [0.3, 0.4) is 0 Å². The molecule has 0 aliphatic carbocycles. The summed E-state index contributed by atoms with van der Waals surface area (Å²) in [6.45, 7) is 9.89. The van der Waals surface area contributed by atoms with E-state index in [9.17, 15) is 0 Å². The number of piperidine rings is 1. The second kappa shape index (κ2) is 6.52. The quantitative estimate of drug-likeness (QED) is 0.869. The van der Waals surface area contributed by atoms with Crippen LogP contribution in [-0.2, 0) is 6.54 Å². The Morgan fingerprint density at radius 1 is 1.04 bits per heavy atom. The molecule has 0 spiro atoms. The van der Waals surface area contributed by atoms with E-state index in [4.69, 9.17) is 4.98 Å². The molecule has 1 aromatic carbocycles. The number of likely N-dealkylation sites (tertiary alicyclic amines) is 1. The van der Waals surface area contributed by atoms with Crippen molar-refractivity contribution in [3.63, 3.8) is 0 Å². The zero-order valence-corrected chi connectivity index (χ0v) is 14.7. The van der Waals surface area contributed by atoms with E-state index in [0.29, 0.717) is 0 Å². The summed E-state index contributed by atoms with van der Waals surface area (Å²) in [5.41, 5.74) is 2.62. The first-order chi connectivity index (χ1) is 11.7. The Kier molecular flexibility index (Phi) is 4.23. The molecule has 2 aliphatic rings. The normalized spacial score (nSPS) is 24.2. The largest absolute Gasteiger partial charge is 0.356 e. The van der Waals surface area contributed by atoms with Gasteiger partial charge < -0.3 is 4.90 Å². The fourth-order valence-electron chi connectivity index (χ4n) is 4.24. The lowest BCUT2D eigenvalue weighted by atomic mass is 9.88. The zero-order valence-electron chi connectivity index (χ0n) is 14.7. The number of benzene rings is 1. The van der Waals surface area contributed by atoms with E-state index in [1.54, 1.807) is 0 Å². The first-order valence-electron chi connectivity index (χ1n) is 9.00. The molecular formula is C20H26N4. The summed E-state index contributed by atoms with van der Waals surface area (Å²) in [5.74, 6) is 3.59. The van der Waals surface area contributed by atoms with Crippen LogP contribution < -0.4 is 4.90 Å². The molecule has 2 fully saturated rings. The zero-order chi connectivity index (χ0) is 16.5.